The van der Waals surface area contributed by atoms with Crippen molar-refractivity contribution in [1.82, 2.24) is 19.2 Å². The van der Waals surface area contributed by atoms with E-state index in [0.717, 1.165) is 100 Å². The minimum Gasteiger partial charge on any atom is -0.493 e. The van der Waals surface area contributed by atoms with Crippen molar-refractivity contribution in [3.8, 4) is 22.6 Å². The fourth-order valence-corrected chi connectivity index (χ4v) is 8.70. The van der Waals surface area contributed by atoms with Crippen molar-refractivity contribution in [2.45, 2.75) is 51.9 Å². The van der Waals surface area contributed by atoms with Crippen molar-refractivity contribution in [3.63, 3.8) is 0 Å². The Bertz CT molecular complexity index is 2310. The van der Waals surface area contributed by atoms with Gasteiger partial charge in [0, 0.05) is 81.0 Å². The van der Waals surface area contributed by atoms with Crippen LogP contribution >= 0.6 is 0 Å². The maximum atomic E-state index is 13.3. The minimum absolute atomic E-state index is 0.306. The van der Waals surface area contributed by atoms with Crippen LogP contribution in [0.3, 0.4) is 0 Å². The van der Waals surface area contributed by atoms with E-state index >= 15 is 0 Å². The van der Waals surface area contributed by atoms with Gasteiger partial charge in [-0.25, -0.2) is 4.79 Å². The maximum absolute atomic E-state index is 13.3. The molecule has 1 N–H and O–H groups in total. The van der Waals surface area contributed by atoms with Gasteiger partial charge >= 0.3 is 5.97 Å². The van der Waals surface area contributed by atoms with Gasteiger partial charge in [0.2, 0.25) is 0 Å². The second-order valence-corrected chi connectivity index (χ2v) is 15.1. The number of methoxy groups -OCH3 is 1. The predicted molar refractivity (Wildman–Crippen MR) is 224 cm³/mol. The summed E-state index contributed by atoms with van der Waals surface area (Å²) in [5.74, 6) is 0.688. The van der Waals surface area contributed by atoms with Crippen LogP contribution in [0.1, 0.15) is 46.7 Å². The highest BCUT2D eigenvalue weighted by Gasteiger charge is 2.28. The van der Waals surface area contributed by atoms with Crippen molar-refractivity contribution in [1.29, 1.82) is 0 Å². The lowest BCUT2D eigenvalue weighted by molar-refractivity contribution is 0.0362. The molecule has 0 spiro atoms. The Balaban J connectivity index is 1.09. The minimum atomic E-state index is -0.929. The van der Waals surface area contributed by atoms with Gasteiger partial charge in [-0.05, 0) is 73.9 Å². The Morgan fingerprint density at radius 3 is 2.39 bits per heavy atom. The third-order valence-electron chi connectivity index (χ3n) is 11.7. The van der Waals surface area contributed by atoms with E-state index in [1.54, 1.807) is 7.11 Å². The standard InChI is InChI=1S/C46H53N5O6/c1-32-43(41(48(2)47-32)31-57-36-18-16-34(17-19-36)50-22-20-35(54-3)21-23-50)40-13-7-12-38-39(14-8-28-56-42-15-6-10-33-9-4-5-11-37(33)42)45(46(52)53)51(44(38)40)25-24-49-26-29-55-30-27-49/h4-7,9-13,15-19,35H,8,14,20-31H2,1-3H3,(H,52,53). The molecule has 4 aromatic carbocycles. The Labute approximate surface area is 334 Å². The first-order valence-electron chi connectivity index (χ1n) is 20.2. The van der Waals surface area contributed by atoms with Gasteiger partial charge < -0.3 is 33.5 Å². The topological polar surface area (TPSA) is 103 Å². The molecule has 0 aliphatic carbocycles. The van der Waals surface area contributed by atoms with Gasteiger partial charge in [-0.15, -0.1) is 0 Å². The summed E-state index contributed by atoms with van der Waals surface area (Å²) in [7, 11) is 3.74. The van der Waals surface area contributed by atoms with E-state index in [1.165, 1.54) is 5.69 Å². The SMILES string of the molecule is COC1CCN(c2ccc(OCc3c(-c4cccc5c(CCCOc6cccc7ccccc67)c(C(=O)O)n(CCN6CCOCC6)c45)c(C)nn3C)cc2)CC1. The fraction of sp³-hybridized carbons (Fsp3) is 0.391. The highest BCUT2D eigenvalue weighted by atomic mass is 16.5. The van der Waals surface area contributed by atoms with Crippen LogP contribution < -0.4 is 14.4 Å². The largest absolute Gasteiger partial charge is 0.493 e. The second-order valence-electron chi connectivity index (χ2n) is 15.1. The molecule has 6 aromatic rings. The zero-order valence-electron chi connectivity index (χ0n) is 33.3. The molecule has 2 aromatic heterocycles. The summed E-state index contributed by atoms with van der Waals surface area (Å²) in [4.78, 5) is 18.1. The third-order valence-corrected chi connectivity index (χ3v) is 11.7. The van der Waals surface area contributed by atoms with Crippen LogP contribution in [-0.4, -0.2) is 96.1 Å². The van der Waals surface area contributed by atoms with E-state index in [4.69, 9.17) is 24.0 Å². The van der Waals surface area contributed by atoms with Gasteiger partial charge in [-0.1, -0.05) is 54.6 Å². The van der Waals surface area contributed by atoms with Crippen LogP contribution in [0.5, 0.6) is 11.5 Å². The first kappa shape index (κ1) is 38.5. The number of carbonyl (C=O) groups is 1. The number of ether oxygens (including phenoxy) is 4. The van der Waals surface area contributed by atoms with Crippen LogP contribution in [-0.2, 0) is 36.1 Å². The molecule has 2 fully saturated rings. The molecular weight excluding hydrogens is 719 g/mol. The summed E-state index contributed by atoms with van der Waals surface area (Å²) < 4.78 is 27.9. The number of nitrogens with zero attached hydrogens (tertiary/aromatic N) is 5. The lowest BCUT2D eigenvalue weighted by Gasteiger charge is -2.33. The number of aromatic carboxylic acids is 1. The zero-order valence-corrected chi connectivity index (χ0v) is 33.3. The van der Waals surface area contributed by atoms with E-state index in [9.17, 15) is 9.90 Å². The predicted octanol–water partition coefficient (Wildman–Crippen LogP) is 7.74. The monoisotopic (exact) mass is 771 g/mol. The number of carboxylic acid groups (broad SMARTS) is 1. The molecule has 0 saturated carbocycles. The number of rotatable bonds is 15. The van der Waals surface area contributed by atoms with Gasteiger partial charge in [0.1, 0.15) is 23.8 Å². The summed E-state index contributed by atoms with van der Waals surface area (Å²) in [5.41, 5.74) is 6.96. The summed E-state index contributed by atoms with van der Waals surface area (Å²) in [5, 5.41) is 18.9. The number of aromatic nitrogens is 3. The summed E-state index contributed by atoms with van der Waals surface area (Å²) in [6.07, 6.45) is 3.60. The fourth-order valence-electron chi connectivity index (χ4n) is 8.70. The Hall–Kier alpha value is -5.36. The molecule has 2 saturated heterocycles. The molecular formula is C46H53N5O6. The quantitative estimate of drug-likeness (QED) is 0.105. The van der Waals surface area contributed by atoms with Gasteiger partial charge in [0.15, 0.2) is 0 Å². The average Bonchev–Trinajstić information content (AvgIpc) is 3.72. The van der Waals surface area contributed by atoms with Crippen LogP contribution in [0.15, 0.2) is 84.9 Å². The van der Waals surface area contributed by atoms with Crippen LogP contribution in [0.4, 0.5) is 5.69 Å². The second kappa shape index (κ2) is 17.4. The average molecular weight is 772 g/mol. The number of hydrogen-bond donors (Lipinski definition) is 1. The maximum Gasteiger partial charge on any atom is 0.352 e. The number of para-hydroxylation sites is 1. The molecule has 11 heteroatoms. The molecule has 298 valence electrons. The Morgan fingerprint density at radius 1 is 0.877 bits per heavy atom. The molecule has 2 aliphatic rings. The highest BCUT2D eigenvalue weighted by molar-refractivity contribution is 6.04. The zero-order chi connectivity index (χ0) is 39.3. The van der Waals surface area contributed by atoms with Gasteiger partial charge in [0.25, 0.3) is 0 Å². The Kier molecular flexibility index (Phi) is 11.8. The molecule has 4 heterocycles. The highest BCUT2D eigenvalue weighted by Crippen LogP contribution is 2.39. The summed E-state index contributed by atoms with van der Waals surface area (Å²) >= 11 is 0. The van der Waals surface area contributed by atoms with Gasteiger partial charge in [-0.2, -0.15) is 5.10 Å². The van der Waals surface area contributed by atoms with E-state index < -0.39 is 5.97 Å². The smallest absolute Gasteiger partial charge is 0.352 e. The first-order chi connectivity index (χ1) is 27.9. The number of aryl methyl sites for hydroxylation is 3. The van der Waals surface area contributed by atoms with Crippen LogP contribution in [0.25, 0.3) is 32.8 Å². The van der Waals surface area contributed by atoms with Gasteiger partial charge in [0.05, 0.1) is 42.8 Å². The molecule has 2 aliphatic heterocycles. The van der Waals surface area contributed by atoms with Crippen molar-refractivity contribution in [2.75, 3.05) is 64.6 Å². The summed E-state index contributed by atoms with van der Waals surface area (Å²) in [6.45, 7) is 8.98. The Morgan fingerprint density at radius 2 is 1.61 bits per heavy atom. The summed E-state index contributed by atoms with van der Waals surface area (Å²) in [6, 6.07) is 28.8. The molecule has 0 unspecified atom stereocenters. The van der Waals surface area contributed by atoms with E-state index in [-0.39, 0.29) is 0 Å². The number of hydrogen-bond acceptors (Lipinski definition) is 8. The van der Waals surface area contributed by atoms with Gasteiger partial charge in [-0.3, -0.25) is 9.58 Å². The normalized spacial score (nSPS) is 15.5. The van der Waals surface area contributed by atoms with Crippen molar-refractivity contribution in [3.05, 3.63) is 108 Å². The van der Waals surface area contributed by atoms with Crippen molar-refractivity contribution >= 4 is 33.3 Å². The van der Waals surface area contributed by atoms with Crippen molar-refractivity contribution < 1.29 is 28.8 Å². The number of anilines is 1. The lowest BCUT2D eigenvalue weighted by atomic mass is 9.98. The molecule has 11 nitrogen and oxygen atoms in total. The third kappa shape index (κ3) is 8.23. The lowest BCUT2D eigenvalue weighted by Crippen LogP contribution is -2.38. The molecule has 0 bridgehead atoms. The number of carboxylic acids is 1. The number of morpholine rings is 1. The van der Waals surface area contributed by atoms with E-state index in [2.05, 4.69) is 52.3 Å². The molecule has 0 amide bonds. The number of piperidine rings is 1. The molecule has 57 heavy (non-hydrogen) atoms. The van der Waals surface area contributed by atoms with Crippen LogP contribution in [0, 0.1) is 6.92 Å². The van der Waals surface area contributed by atoms with Crippen LogP contribution in [0.2, 0.25) is 0 Å². The molecule has 0 radical (unpaired) electrons. The number of benzene rings is 4. The van der Waals surface area contributed by atoms with Crippen molar-refractivity contribution in [2.24, 2.45) is 7.05 Å². The number of fused-ring (bicyclic) bond motifs is 2. The first-order valence-corrected chi connectivity index (χ1v) is 20.2. The molecule has 0 atom stereocenters. The molecule has 8 rings (SSSR count). The van der Waals surface area contributed by atoms with E-state index in [1.807, 2.05) is 65.7 Å². The van der Waals surface area contributed by atoms with E-state index in [0.29, 0.717) is 64.2 Å².